The van der Waals surface area contributed by atoms with Gasteiger partial charge in [-0.15, -0.1) is 5.10 Å². The second kappa shape index (κ2) is 3.36. The first-order valence-corrected chi connectivity index (χ1v) is 4.89. The maximum Gasteiger partial charge on any atom is 0.315 e. The highest BCUT2D eigenvalue weighted by molar-refractivity contribution is 5.22. The Morgan fingerprint density at radius 2 is 2.38 bits per heavy atom. The minimum atomic E-state index is 0. The summed E-state index contributed by atoms with van der Waals surface area (Å²) in [5, 5.41) is 11.1. The molecule has 4 heteroatoms. The molecule has 1 atom stereocenters. The molecule has 0 saturated heterocycles. The van der Waals surface area contributed by atoms with Gasteiger partial charge in [-0.3, -0.25) is 0 Å². The molecule has 0 bridgehead atoms. The minimum absolute atomic E-state index is 0. The molecule has 1 fully saturated rings. The lowest BCUT2D eigenvalue weighted by Gasteiger charge is -2.00. The zero-order valence-corrected chi connectivity index (χ0v) is 8.08. The van der Waals surface area contributed by atoms with E-state index in [1.54, 1.807) is 0 Å². The van der Waals surface area contributed by atoms with E-state index in [2.05, 4.69) is 29.4 Å². The molecule has 1 aromatic heterocycles. The Bertz CT molecular complexity index is 285. The number of hydrogen-bond donors (Lipinski definition) is 1. The fourth-order valence-corrected chi connectivity index (χ4v) is 1.07. The molecule has 13 heavy (non-hydrogen) atoms. The van der Waals surface area contributed by atoms with Crippen molar-refractivity contribution in [2.24, 2.45) is 0 Å². The number of anilines is 1. The van der Waals surface area contributed by atoms with Gasteiger partial charge in [0.1, 0.15) is 0 Å². The van der Waals surface area contributed by atoms with Crippen LogP contribution in [0.5, 0.6) is 0 Å². The van der Waals surface area contributed by atoms with Gasteiger partial charge in [-0.2, -0.15) is 0 Å². The van der Waals surface area contributed by atoms with Crippen LogP contribution in [0.15, 0.2) is 4.42 Å². The first-order valence-electron chi connectivity index (χ1n) is 4.89. The molecule has 2 rings (SSSR count). The van der Waals surface area contributed by atoms with E-state index < -0.39 is 0 Å². The van der Waals surface area contributed by atoms with Crippen LogP contribution in [0.1, 0.15) is 46.3 Å². The van der Waals surface area contributed by atoms with E-state index in [9.17, 15) is 0 Å². The molecule has 1 aliphatic carbocycles. The van der Waals surface area contributed by atoms with Crippen molar-refractivity contribution in [3.05, 3.63) is 5.89 Å². The van der Waals surface area contributed by atoms with Crippen molar-refractivity contribution in [2.75, 3.05) is 5.32 Å². The third kappa shape index (κ3) is 1.99. The van der Waals surface area contributed by atoms with Gasteiger partial charge in [0.15, 0.2) is 0 Å². The van der Waals surface area contributed by atoms with E-state index in [-0.39, 0.29) is 1.43 Å². The summed E-state index contributed by atoms with van der Waals surface area (Å²) in [7, 11) is 0. The Balaban J connectivity index is 0.000000980. The molecular weight excluding hydrogens is 166 g/mol. The molecule has 1 heterocycles. The second-order valence-electron chi connectivity index (χ2n) is 3.67. The van der Waals surface area contributed by atoms with E-state index >= 15 is 0 Å². The van der Waals surface area contributed by atoms with Gasteiger partial charge >= 0.3 is 6.01 Å². The lowest BCUT2D eigenvalue weighted by molar-refractivity contribution is 0.461. The van der Waals surface area contributed by atoms with Gasteiger partial charge in [0.2, 0.25) is 5.89 Å². The molecule has 0 spiro atoms. The highest BCUT2D eigenvalue weighted by Crippen LogP contribution is 2.25. The van der Waals surface area contributed by atoms with Crippen LogP contribution in [-0.2, 0) is 0 Å². The molecule has 0 amide bonds. The zero-order valence-electron chi connectivity index (χ0n) is 8.08. The molecule has 1 N–H and O–H groups in total. The maximum atomic E-state index is 5.45. The van der Waals surface area contributed by atoms with Gasteiger partial charge in [0.25, 0.3) is 0 Å². The highest BCUT2D eigenvalue weighted by Gasteiger charge is 2.23. The van der Waals surface area contributed by atoms with E-state index in [0.29, 0.717) is 18.0 Å². The Morgan fingerprint density at radius 3 is 3.00 bits per heavy atom. The molecule has 1 unspecified atom stereocenters. The third-order valence-electron chi connectivity index (χ3n) is 2.38. The summed E-state index contributed by atoms with van der Waals surface area (Å²) in [5.41, 5.74) is 0. The molecule has 0 radical (unpaired) electrons. The second-order valence-corrected chi connectivity index (χ2v) is 3.67. The summed E-state index contributed by atoms with van der Waals surface area (Å²) in [4.78, 5) is 0. The van der Waals surface area contributed by atoms with Crippen LogP contribution in [0, 0.1) is 0 Å². The first-order chi connectivity index (χ1) is 6.29. The summed E-state index contributed by atoms with van der Waals surface area (Å²) >= 11 is 0. The number of nitrogens with one attached hydrogen (secondary N) is 1. The molecule has 0 aromatic carbocycles. The first kappa shape index (κ1) is 8.53. The predicted octanol–water partition coefficient (Wildman–Crippen LogP) is 2.40. The molecule has 1 aromatic rings. The van der Waals surface area contributed by atoms with E-state index in [1.807, 2.05) is 0 Å². The largest absolute Gasteiger partial charge is 0.408 e. The molecule has 1 saturated carbocycles. The van der Waals surface area contributed by atoms with Crippen LogP contribution < -0.4 is 5.32 Å². The smallest absolute Gasteiger partial charge is 0.315 e. The SMILES string of the molecule is CCC(C)c1nnc(NC2CC2)o1.[HH]. The highest BCUT2D eigenvalue weighted by atomic mass is 16.4. The molecule has 4 nitrogen and oxygen atoms in total. The summed E-state index contributed by atoms with van der Waals surface area (Å²) in [5.74, 6) is 1.10. The van der Waals surface area contributed by atoms with Crippen LogP contribution in [0.3, 0.4) is 0 Å². The normalized spacial score (nSPS) is 18.6. The topological polar surface area (TPSA) is 51.0 Å². The summed E-state index contributed by atoms with van der Waals surface area (Å²) in [6, 6.07) is 1.16. The number of rotatable bonds is 4. The molecular formula is C9H17N3O. The number of hydrogen-bond acceptors (Lipinski definition) is 4. The Morgan fingerprint density at radius 1 is 1.62 bits per heavy atom. The lowest BCUT2D eigenvalue weighted by Crippen LogP contribution is -2.00. The zero-order chi connectivity index (χ0) is 9.26. The Kier molecular flexibility index (Phi) is 2.20. The predicted molar refractivity (Wildman–Crippen MR) is 51.8 cm³/mol. The standard InChI is InChI=1S/C9H15N3O.H2/c1-3-6(2)8-11-12-9(13-8)10-7-4-5-7;/h6-7H,3-5H2,1-2H3,(H,10,12);1H. The van der Waals surface area contributed by atoms with Crippen molar-refractivity contribution < 1.29 is 5.84 Å². The average molecular weight is 183 g/mol. The van der Waals surface area contributed by atoms with Gasteiger partial charge in [-0.05, 0) is 19.3 Å². The number of aromatic nitrogens is 2. The van der Waals surface area contributed by atoms with Crippen molar-refractivity contribution in [3.63, 3.8) is 0 Å². The minimum Gasteiger partial charge on any atom is -0.408 e. The van der Waals surface area contributed by atoms with E-state index in [0.717, 1.165) is 12.3 Å². The average Bonchev–Trinajstić information content (AvgIpc) is 2.81. The molecule has 1 aliphatic rings. The van der Waals surface area contributed by atoms with Crippen LogP contribution in [0.25, 0.3) is 0 Å². The van der Waals surface area contributed by atoms with Crippen LogP contribution in [0.2, 0.25) is 0 Å². The van der Waals surface area contributed by atoms with Crippen molar-refractivity contribution in [1.82, 2.24) is 10.2 Å². The van der Waals surface area contributed by atoms with Gasteiger partial charge in [-0.1, -0.05) is 18.9 Å². The fraction of sp³-hybridized carbons (Fsp3) is 0.778. The van der Waals surface area contributed by atoms with Gasteiger partial charge < -0.3 is 9.73 Å². The third-order valence-corrected chi connectivity index (χ3v) is 2.38. The summed E-state index contributed by atoms with van der Waals surface area (Å²) in [6.07, 6.45) is 3.48. The Hall–Kier alpha value is -1.06. The van der Waals surface area contributed by atoms with Gasteiger partial charge in [0, 0.05) is 13.4 Å². The Labute approximate surface area is 79.2 Å². The monoisotopic (exact) mass is 183 g/mol. The molecule has 74 valence electrons. The van der Waals surface area contributed by atoms with Crippen LogP contribution in [-0.4, -0.2) is 16.2 Å². The van der Waals surface area contributed by atoms with Gasteiger partial charge in [0.05, 0.1) is 0 Å². The van der Waals surface area contributed by atoms with Gasteiger partial charge in [-0.25, -0.2) is 0 Å². The lowest BCUT2D eigenvalue weighted by atomic mass is 10.1. The quantitative estimate of drug-likeness (QED) is 0.778. The van der Waals surface area contributed by atoms with Crippen LogP contribution >= 0.6 is 0 Å². The van der Waals surface area contributed by atoms with E-state index in [4.69, 9.17) is 4.42 Å². The van der Waals surface area contributed by atoms with Crippen LogP contribution in [0.4, 0.5) is 6.01 Å². The van der Waals surface area contributed by atoms with E-state index in [1.165, 1.54) is 12.8 Å². The van der Waals surface area contributed by atoms with Crippen molar-refractivity contribution in [2.45, 2.75) is 45.1 Å². The summed E-state index contributed by atoms with van der Waals surface area (Å²) in [6.45, 7) is 4.21. The summed E-state index contributed by atoms with van der Waals surface area (Å²) < 4.78 is 5.45. The molecule has 0 aliphatic heterocycles. The maximum absolute atomic E-state index is 5.45. The van der Waals surface area contributed by atoms with Crippen molar-refractivity contribution >= 4 is 6.01 Å². The number of nitrogens with zero attached hydrogens (tertiary/aromatic N) is 2. The van der Waals surface area contributed by atoms with Crippen molar-refractivity contribution in [3.8, 4) is 0 Å². The van der Waals surface area contributed by atoms with Crippen molar-refractivity contribution in [1.29, 1.82) is 0 Å². The fourth-order valence-electron chi connectivity index (χ4n) is 1.07.